The maximum absolute atomic E-state index is 12.9. The van der Waals surface area contributed by atoms with Crippen LogP contribution in [0.4, 0.5) is 0 Å². The highest BCUT2D eigenvalue weighted by Gasteiger charge is 2.27. The highest BCUT2D eigenvalue weighted by Crippen LogP contribution is 2.39. The summed E-state index contributed by atoms with van der Waals surface area (Å²) in [4.78, 5) is 12.9. The Morgan fingerprint density at radius 2 is 1.14 bits per heavy atom. The van der Waals surface area contributed by atoms with Gasteiger partial charge in [-0.3, -0.25) is 4.79 Å². The van der Waals surface area contributed by atoms with Gasteiger partial charge >= 0.3 is 0 Å². The number of fused-ring (bicyclic) bond motifs is 3. The van der Waals surface area contributed by atoms with Crippen LogP contribution < -0.4 is 20.1 Å². The van der Waals surface area contributed by atoms with Crippen LogP contribution >= 0.6 is 0 Å². The van der Waals surface area contributed by atoms with Crippen molar-refractivity contribution in [3.63, 3.8) is 0 Å². The predicted octanol–water partition coefficient (Wildman–Crippen LogP) is 3.65. The number of ether oxygens (including phenoxy) is 2. The summed E-state index contributed by atoms with van der Waals surface area (Å²) in [5.41, 5.74) is 3.31. The summed E-state index contributed by atoms with van der Waals surface area (Å²) in [5.74, 6) is 1.48. The van der Waals surface area contributed by atoms with E-state index in [9.17, 15) is 4.79 Å². The molecule has 2 aromatic carbocycles. The lowest BCUT2D eigenvalue weighted by Gasteiger charge is -2.11. The highest BCUT2D eigenvalue weighted by molar-refractivity contribution is 6.22. The van der Waals surface area contributed by atoms with Gasteiger partial charge in [-0.15, -0.1) is 0 Å². The zero-order chi connectivity index (χ0) is 20.1. The van der Waals surface area contributed by atoms with E-state index < -0.39 is 0 Å². The van der Waals surface area contributed by atoms with Gasteiger partial charge in [-0.1, -0.05) is 27.7 Å². The van der Waals surface area contributed by atoms with E-state index in [1.807, 2.05) is 36.4 Å². The van der Waals surface area contributed by atoms with Crippen LogP contribution in [0.3, 0.4) is 0 Å². The molecule has 0 radical (unpaired) electrons. The minimum absolute atomic E-state index is 0.0292. The Kier molecular flexibility index (Phi) is 6.70. The van der Waals surface area contributed by atoms with Crippen LogP contribution in [0.5, 0.6) is 11.5 Å². The van der Waals surface area contributed by atoms with Gasteiger partial charge in [0, 0.05) is 36.3 Å². The lowest BCUT2D eigenvalue weighted by molar-refractivity contribution is 0.104. The number of carbonyl (C=O) groups is 1. The largest absolute Gasteiger partial charge is 0.492 e. The van der Waals surface area contributed by atoms with E-state index in [0.717, 1.165) is 35.7 Å². The molecule has 3 rings (SSSR count). The summed E-state index contributed by atoms with van der Waals surface area (Å²) < 4.78 is 11.6. The molecule has 0 aromatic heterocycles. The zero-order valence-corrected chi connectivity index (χ0v) is 17.2. The molecule has 150 valence electrons. The van der Waals surface area contributed by atoms with E-state index >= 15 is 0 Å². The summed E-state index contributed by atoms with van der Waals surface area (Å²) in [6.45, 7) is 11.1. The fourth-order valence-electron chi connectivity index (χ4n) is 3.25. The Morgan fingerprint density at radius 1 is 0.714 bits per heavy atom. The molecule has 5 heteroatoms. The Hall–Kier alpha value is -2.37. The lowest BCUT2D eigenvalue weighted by Crippen LogP contribution is -2.27. The zero-order valence-electron chi connectivity index (χ0n) is 17.2. The van der Waals surface area contributed by atoms with E-state index in [2.05, 4.69) is 38.3 Å². The molecular weight excluding hydrogens is 352 g/mol. The van der Waals surface area contributed by atoms with Gasteiger partial charge in [-0.05, 0) is 47.5 Å². The van der Waals surface area contributed by atoms with Crippen molar-refractivity contribution in [2.75, 3.05) is 26.3 Å². The minimum Gasteiger partial charge on any atom is -0.492 e. The second-order valence-electron chi connectivity index (χ2n) is 7.66. The minimum atomic E-state index is 0.0292. The maximum Gasteiger partial charge on any atom is 0.194 e. The third kappa shape index (κ3) is 4.91. The quantitative estimate of drug-likeness (QED) is 0.524. The van der Waals surface area contributed by atoms with Gasteiger partial charge in [0.1, 0.15) is 24.7 Å². The van der Waals surface area contributed by atoms with Gasteiger partial charge < -0.3 is 20.1 Å². The fraction of sp³-hybridized carbons (Fsp3) is 0.435. The first-order valence-corrected chi connectivity index (χ1v) is 10.0. The van der Waals surface area contributed by atoms with Crippen molar-refractivity contribution >= 4 is 5.78 Å². The third-order valence-electron chi connectivity index (χ3n) is 4.61. The van der Waals surface area contributed by atoms with Gasteiger partial charge in [-0.25, -0.2) is 0 Å². The molecule has 0 amide bonds. The summed E-state index contributed by atoms with van der Waals surface area (Å²) in [6, 6.07) is 12.3. The molecule has 28 heavy (non-hydrogen) atoms. The molecular formula is C23H30N2O3. The molecule has 0 spiro atoms. The van der Waals surface area contributed by atoms with Gasteiger partial charge in [0.25, 0.3) is 0 Å². The molecule has 0 bridgehead atoms. The molecule has 0 saturated carbocycles. The monoisotopic (exact) mass is 382 g/mol. The number of ketones is 1. The molecule has 0 atom stereocenters. The molecule has 2 aromatic rings. The van der Waals surface area contributed by atoms with Gasteiger partial charge in [0.15, 0.2) is 5.78 Å². The lowest BCUT2D eigenvalue weighted by atomic mass is 10.1. The van der Waals surface area contributed by atoms with Crippen molar-refractivity contribution < 1.29 is 14.3 Å². The first kappa shape index (κ1) is 20.4. The van der Waals surface area contributed by atoms with Crippen molar-refractivity contribution in [3.05, 3.63) is 47.5 Å². The highest BCUT2D eigenvalue weighted by atomic mass is 16.5. The first-order chi connectivity index (χ1) is 13.5. The molecule has 1 aliphatic rings. The standard InChI is InChI=1S/C23H30N2O3/c1-15(2)24-9-11-27-17-5-7-19-20-8-6-18(28-12-10-25-16(3)4)14-22(20)23(26)21(19)13-17/h5-8,13-16,24-25H,9-12H2,1-4H3. The van der Waals surface area contributed by atoms with Crippen LogP contribution in [0.2, 0.25) is 0 Å². The number of nitrogens with one attached hydrogen (secondary N) is 2. The number of carbonyl (C=O) groups excluding carboxylic acids is 1. The third-order valence-corrected chi connectivity index (χ3v) is 4.61. The van der Waals surface area contributed by atoms with E-state index in [1.165, 1.54) is 0 Å². The maximum atomic E-state index is 12.9. The Bertz CT molecular complexity index is 763. The van der Waals surface area contributed by atoms with Crippen molar-refractivity contribution in [1.82, 2.24) is 10.6 Å². The topological polar surface area (TPSA) is 59.6 Å². The van der Waals surface area contributed by atoms with Gasteiger partial charge in [0.05, 0.1) is 0 Å². The summed E-state index contributed by atoms with van der Waals surface area (Å²) in [5, 5.41) is 6.63. The van der Waals surface area contributed by atoms with E-state index in [1.54, 1.807) is 0 Å². The molecule has 1 aliphatic carbocycles. The number of benzene rings is 2. The fourth-order valence-corrected chi connectivity index (χ4v) is 3.25. The summed E-state index contributed by atoms with van der Waals surface area (Å²) in [7, 11) is 0. The van der Waals surface area contributed by atoms with Crippen molar-refractivity contribution in [2.24, 2.45) is 0 Å². The second kappa shape index (κ2) is 9.22. The molecule has 5 nitrogen and oxygen atoms in total. The van der Waals surface area contributed by atoms with Crippen LogP contribution in [-0.2, 0) is 0 Å². The van der Waals surface area contributed by atoms with Crippen LogP contribution in [0.25, 0.3) is 11.1 Å². The number of hydrogen-bond acceptors (Lipinski definition) is 5. The van der Waals surface area contributed by atoms with E-state index in [0.29, 0.717) is 36.4 Å². The molecule has 0 heterocycles. The molecule has 2 N–H and O–H groups in total. The average Bonchev–Trinajstić information content (AvgIpc) is 2.94. The van der Waals surface area contributed by atoms with Crippen molar-refractivity contribution in [1.29, 1.82) is 0 Å². The normalized spacial score (nSPS) is 12.4. The summed E-state index contributed by atoms with van der Waals surface area (Å²) in [6.07, 6.45) is 0. The van der Waals surface area contributed by atoms with Crippen molar-refractivity contribution in [2.45, 2.75) is 39.8 Å². The van der Waals surface area contributed by atoms with E-state index in [4.69, 9.17) is 9.47 Å². The average molecular weight is 383 g/mol. The van der Waals surface area contributed by atoms with Crippen LogP contribution in [0.1, 0.15) is 43.6 Å². The van der Waals surface area contributed by atoms with Gasteiger partial charge in [-0.2, -0.15) is 0 Å². The molecule has 0 aliphatic heterocycles. The number of hydrogen-bond donors (Lipinski definition) is 2. The second-order valence-corrected chi connectivity index (χ2v) is 7.66. The Balaban J connectivity index is 1.66. The molecule has 0 fully saturated rings. The Morgan fingerprint density at radius 3 is 1.54 bits per heavy atom. The summed E-state index contributed by atoms with van der Waals surface area (Å²) >= 11 is 0. The van der Waals surface area contributed by atoms with Crippen LogP contribution in [-0.4, -0.2) is 44.2 Å². The van der Waals surface area contributed by atoms with Crippen molar-refractivity contribution in [3.8, 4) is 22.6 Å². The van der Waals surface area contributed by atoms with Crippen LogP contribution in [0.15, 0.2) is 36.4 Å². The number of rotatable bonds is 10. The molecule has 0 saturated heterocycles. The molecule has 0 unspecified atom stereocenters. The van der Waals surface area contributed by atoms with E-state index in [-0.39, 0.29) is 5.78 Å². The first-order valence-electron chi connectivity index (χ1n) is 10.0. The smallest absolute Gasteiger partial charge is 0.194 e. The Labute approximate surface area is 167 Å². The van der Waals surface area contributed by atoms with Crippen LogP contribution in [0, 0.1) is 0 Å². The SMILES string of the molecule is CC(C)NCCOc1ccc2c(c1)C(=O)c1cc(OCCNC(C)C)ccc1-2. The predicted molar refractivity (Wildman–Crippen MR) is 113 cm³/mol. The van der Waals surface area contributed by atoms with Gasteiger partial charge in [0.2, 0.25) is 0 Å².